The van der Waals surface area contributed by atoms with Crippen molar-refractivity contribution < 1.29 is 4.39 Å². The Hall–Kier alpha value is -4.46. The molecule has 31 heavy (non-hydrogen) atoms. The number of imidazole rings is 1. The van der Waals surface area contributed by atoms with Gasteiger partial charge in [0.15, 0.2) is 17.1 Å². The van der Waals surface area contributed by atoms with Gasteiger partial charge < -0.3 is 4.98 Å². The first-order valence-electron chi connectivity index (χ1n) is 9.63. The standard InChI is InChI=1S/C23H14FN7/c24-15-6-4-13(5-7-15)16-8-10-26-22-19(16)28-23(29-22)20-17-11-14(12-27-21(17)31-30-20)18-3-1-2-9-25-18/h1-12H,(H,26,28,29)(H,27,30,31). The highest BCUT2D eigenvalue weighted by Gasteiger charge is 2.17. The molecule has 0 atom stereocenters. The molecule has 6 aromatic rings. The lowest BCUT2D eigenvalue weighted by atomic mass is 10.1. The van der Waals surface area contributed by atoms with Crippen LogP contribution in [-0.4, -0.2) is 35.1 Å². The van der Waals surface area contributed by atoms with Crippen molar-refractivity contribution in [2.75, 3.05) is 0 Å². The number of rotatable bonds is 3. The van der Waals surface area contributed by atoms with E-state index in [0.717, 1.165) is 27.8 Å². The highest BCUT2D eigenvalue weighted by atomic mass is 19.1. The summed E-state index contributed by atoms with van der Waals surface area (Å²) in [6.45, 7) is 0. The first-order valence-corrected chi connectivity index (χ1v) is 9.63. The van der Waals surface area contributed by atoms with Gasteiger partial charge in [0.25, 0.3) is 0 Å². The maximum Gasteiger partial charge on any atom is 0.161 e. The molecule has 0 aliphatic rings. The summed E-state index contributed by atoms with van der Waals surface area (Å²) >= 11 is 0. The zero-order valence-electron chi connectivity index (χ0n) is 16.0. The summed E-state index contributed by atoms with van der Waals surface area (Å²) in [6.07, 6.45) is 5.21. The average Bonchev–Trinajstić information content (AvgIpc) is 3.43. The number of nitrogens with one attached hydrogen (secondary N) is 2. The van der Waals surface area contributed by atoms with Gasteiger partial charge in [0.05, 0.1) is 11.1 Å². The number of H-pyrrole nitrogens is 2. The van der Waals surface area contributed by atoms with E-state index >= 15 is 0 Å². The fraction of sp³-hybridized carbons (Fsp3) is 0. The van der Waals surface area contributed by atoms with Gasteiger partial charge in [0, 0.05) is 29.7 Å². The summed E-state index contributed by atoms with van der Waals surface area (Å²) in [5, 5.41) is 8.21. The Kier molecular flexibility index (Phi) is 3.82. The molecule has 0 amide bonds. The molecule has 0 radical (unpaired) electrons. The van der Waals surface area contributed by atoms with E-state index in [1.165, 1.54) is 12.1 Å². The molecule has 0 aliphatic heterocycles. The normalized spacial score (nSPS) is 11.4. The number of benzene rings is 1. The van der Waals surface area contributed by atoms with Gasteiger partial charge in [0.2, 0.25) is 0 Å². The molecule has 6 rings (SSSR count). The highest BCUT2D eigenvalue weighted by Crippen LogP contribution is 2.31. The monoisotopic (exact) mass is 407 g/mol. The predicted molar refractivity (Wildman–Crippen MR) is 115 cm³/mol. The molecular formula is C23H14FN7. The second-order valence-electron chi connectivity index (χ2n) is 7.06. The maximum atomic E-state index is 13.4. The van der Waals surface area contributed by atoms with Crippen LogP contribution in [0.4, 0.5) is 4.39 Å². The molecule has 0 unspecified atom stereocenters. The van der Waals surface area contributed by atoms with Gasteiger partial charge in [-0.3, -0.25) is 10.1 Å². The molecule has 0 aliphatic carbocycles. The van der Waals surface area contributed by atoms with E-state index in [-0.39, 0.29) is 5.82 Å². The van der Waals surface area contributed by atoms with E-state index in [1.54, 1.807) is 30.7 Å². The number of halogens is 1. The number of aromatic amines is 2. The molecule has 5 heterocycles. The molecule has 0 fully saturated rings. The molecule has 0 saturated heterocycles. The molecular weight excluding hydrogens is 393 g/mol. The van der Waals surface area contributed by atoms with Crippen LogP contribution in [0.25, 0.3) is 56.1 Å². The summed E-state index contributed by atoms with van der Waals surface area (Å²) in [4.78, 5) is 21.3. The Labute approximate surface area is 175 Å². The SMILES string of the molecule is Fc1ccc(-c2ccnc3[nH]c(-c4n[nH]c5ncc(-c6ccccn6)cc45)nc23)cc1. The Morgan fingerprint density at radius 2 is 1.71 bits per heavy atom. The minimum Gasteiger partial charge on any atom is -0.321 e. The van der Waals surface area contributed by atoms with Crippen molar-refractivity contribution in [2.24, 2.45) is 0 Å². The number of hydrogen-bond donors (Lipinski definition) is 2. The fourth-order valence-electron chi connectivity index (χ4n) is 3.64. The first-order chi connectivity index (χ1) is 15.3. The highest BCUT2D eigenvalue weighted by molar-refractivity contribution is 5.95. The van der Waals surface area contributed by atoms with E-state index in [1.807, 2.05) is 30.3 Å². The van der Waals surface area contributed by atoms with E-state index < -0.39 is 0 Å². The summed E-state index contributed by atoms with van der Waals surface area (Å²) in [5.74, 6) is 0.291. The van der Waals surface area contributed by atoms with Crippen LogP contribution in [0.2, 0.25) is 0 Å². The van der Waals surface area contributed by atoms with Gasteiger partial charge in [-0.25, -0.2) is 19.3 Å². The van der Waals surface area contributed by atoms with Crippen molar-refractivity contribution in [1.82, 2.24) is 35.1 Å². The Bertz CT molecular complexity index is 1540. The molecule has 0 bridgehead atoms. The Morgan fingerprint density at radius 3 is 2.55 bits per heavy atom. The van der Waals surface area contributed by atoms with Crippen LogP contribution < -0.4 is 0 Å². The van der Waals surface area contributed by atoms with Gasteiger partial charge >= 0.3 is 0 Å². The molecule has 8 heteroatoms. The van der Waals surface area contributed by atoms with E-state index in [0.29, 0.717) is 28.3 Å². The van der Waals surface area contributed by atoms with Crippen molar-refractivity contribution in [1.29, 1.82) is 0 Å². The van der Waals surface area contributed by atoms with Crippen LogP contribution in [0.5, 0.6) is 0 Å². The van der Waals surface area contributed by atoms with Crippen molar-refractivity contribution in [3.05, 3.63) is 79.0 Å². The topological polar surface area (TPSA) is 96.0 Å². The third-order valence-electron chi connectivity index (χ3n) is 5.14. The zero-order valence-corrected chi connectivity index (χ0v) is 16.0. The minimum atomic E-state index is -0.282. The summed E-state index contributed by atoms with van der Waals surface area (Å²) in [5.41, 5.74) is 6.05. The lowest BCUT2D eigenvalue weighted by molar-refractivity contribution is 0.628. The third-order valence-corrected chi connectivity index (χ3v) is 5.14. The van der Waals surface area contributed by atoms with Crippen molar-refractivity contribution in [2.45, 2.75) is 0 Å². The number of pyridine rings is 3. The molecule has 2 N–H and O–H groups in total. The van der Waals surface area contributed by atoms with Crippen molar-refractivity contribution in [3.8, 4) is 33.9 Å². The fourth-order valence-corrected chi connectivity index (χ4v) is 3.64. The Balaban J connectivity index is 1.51. The van der Waals surface area contributed by atoms with Crippen LogP contribution >= 0.6 is 0 Å². The van der Waals surface area contributed by atoms with Gasteiger partial charge in [-0.15, -0.1) is 0 Å². The second kappa shape index (κ2) is 6.81. The molecule has 148 valence electrons. The number of aromatic nitrogens is 7. The number of hydrogen-bond acceptors (Lipinski definition) is 5. The first kappa shape index (κ1) is 17.4. The number of nitrogens with zero attached hydrogens (tertiary/aromatic N) is 5. The van der Waals surface area contributed by atoms with Crippen LogP contribution in [-0.2, 0) is 0 Å². The maximum absolute atomic E-state index is 13.4. The lowest BCUT2D eigenvalue weighted by Crippen LogP contribution is -1.86. The predicted octanol–water partition coefficient (Wildman–Crippen LogP) is 4.76. The molecule has 1 aromatic carbocycles. The summed E-state index contributed by atoms with van der Waals surface area (Å²) < 4.78 is 13.4. The van der Waals surface area contributed by atoms with Gasteiger partial charge in [0.1, 0.15) is 17.0 Å². The zero-order chi connectivity index (χ0) is 20.8. The smallest absolute Gasteiger partial charge is 0.161 e. The van der Waals surface area contributed by atoms with Crippen LogP contribution in [0, 0.1) is 5.82 Å². The average molecular weight is 407 g/mol. The second-order valence-corrected chi connectivity index (χ2v) is 7.06. The Morgan fingerprint density at radius 1 is 0.806 bits per heavy atom. The molecule has 0 saturated carbocycles. The largest absolute Gasteiger partial charge is 0.321 e. The van der Waals surface area contributed by atoms with Crippen LogP contribution in [0.3, 0.4) is 0 Å². The molecule has 7 nitrogen and oxygen atoms in total. The molecule has 5 aromatic heterocycles. The lowest BCUT2D eigenvalue weighted by Gasteiger charge is -2.01. The quantitative estimate of drug-likeness (QED) is 0.441. The van der Waals surface area contributed by atoms with E-state index in [4.69, 9.17) is 4.98 Å². The minimum absolute atomic E-state index is 0.282. The van der Waals surface area contributed by atoms with Crippen LogP contribution in [0.15, 0.2) is 73.2 Å². The number of fused-ring (bicyclic) bond motifs is 2. The van der Waals surface area contributed by atoms with Crippen molar-refractivity contribution in [3.63, 3.8) is 0 Å². The van der Waals surface area contributed by atoms with Crippen molar-refractivity contribution >= 4 is 22.2 Å². The summed E-state index contributed by atoms with van der Waals surface area (Å²) in [7, 11) is 0. The molecule has 0 spiro atoms. The van der Waals surface area contributed by atoms with E-state index in [9.17, 15) is 4.39 Å². The van der Waals surface area contributed by atoms with Gasteiger partial charge in [-0.05, 0) is 42.0 Å². The third kappa shape index (κ3) is 2.93. The van der Waals surface area contributed by atoms with E-state index in [2.05, 4.69) is 30.1 Å². The summed E-state index contributed by atoms with van der Waals surface area (Å²) in [6, 6.07) is 15.9. The van der Waals surface area contributed by atoms with Gasteiger partial charge in [-0.2, -0.15) is 5.10 Å². The van der Waals surface area contributed by atoms with Crippen LogP contribution in [0.1, 0.15) is 0 Å². The van der Waals surface area contributed by atoms with Gasteiger partial charge in [-0.1, -0.05) is 18.2 Å².